The van der Waals surface area contributed by atoms with Crippen LogP contribution in [0.5, 0.6) is 0 Å². The zero-order valence-corrected chi connectivity index (χ0v) is 14.1. The van der Waals surface area contributed by atoms with Gasteiger partial charge in [0.05, 0.1) is 12.2 Å². The van der Waals surface area contributed by atoms with Gasteiger partial charge in [0.1, 0.15) is 5.82 Å². The van der Waals surface area contributed by atoms with Crippen molar-refractivity contribution in [2.45, 2.75) is 10.4 Å². The Morgan fingerprint density at radius 1 is 1.24 bits per heavy atom. The molecule has 0 saturated carbocycles. The minimum Gasteiger partial charge on any atom is -0.395 e. The summed E-state index contributed by atoms with van der Waals surface area (Å²) in [5.41, 5.74) is -3.64. The largest absolute Gasteiger partial charge is 0.446 e. The molecule has 0 aliphatic rings. The molecule has 2 rings (SSSR count). The fourth-order valence-corrected chi connectivity index (χ4v) is 2.49. The molecule has 1 aromatic heterocycles. The Kier molecular flexibility index (Phi) is 6.27. The average molecular weight is 371 g/mol. The molecule has 2 N–H and O–H groups in total. The van der Waals surface area contributed by atoms with Crippen LogP contribution >= 0.6 is 11.8 Å². The molecule has 2 aromatic rings. The zero-order chi connectivity index (χ0) is 18.4. The Bertz CT molecular complexity index is 706. The lowest BCUT2D eigenvalue weighted by molar-refractivity contribution is -0.0328. The van der Waals surface area contributed by atoms with Crippen molar-refractivity contribution < 1.29 is 23.1 Å². The van der Waals surface area contributed by atoms with Crippen molar-refractivity contribution in [3.63, 3.8) is 0 Å². The number of rotatable bonds is 6. The molecule has 0 radical (unpaired) electrons. The zero-order valence-electron chi connectivity index (χ0n) is 13.2. The van der Waals surface area contributed by atoms with Gasteiger partial charge < -0.3 is 15.3 Å². The summed E-state index contributed by atoms with van der Waals surface area (Å²) in [6, 6.07) is 8.62. The Balaban J connectivity index is 1.99. The molecule has 0 saturated heterocycles. The van der Waals surface area contributed by atoms with Crippen molar-refractivity contribution in [3.8, 4) is 0 Å². The number of benzene rings is 1. The Morgan fingerprint density at radius 2 is 1.92 bits per heavy atom. The summed E-state index contributed by atoms with van der Waals surface area (Å²) in [7, 11) is 1.76. The van der Waals surface area contributed by atoms with Crippen LogP contribution in [-0.4, -0.2) is 41.7 Å². The second-order valence-corrected chi connectivity index (χ2v) is 6.21. The Morgan fingerprint density at radius 3 is 2.44 bits per heavy atom. The highest BCUT2D eigenvalue weighted by atomic mass is 32.2. The highest BCUT2D eigenvalue weighted by molar-refractivity contribution is 8.00. The summed E-state index contributed by atoms with van der Waals surface area (Å²) in [4.78, 5) is 18.1. The van der Waals surface area contributed by atoms with Crippen molar-refractivity contribution in [1.82, 2.24) is 4.98 Å². The molecule has 9 heteroatoms. The smallest absolute Gasteiger partial charge is 0.395 e. The van der Waals surface area contributed by atoms with Gasteiger partial charge in [-0.3, -0.25) is 4.79 Å². The second-order valence-electron chi connectivity index (χ2n) is 5.08. The summed E-state index contributed by atoms with van der Waals surface area (Å²) in [5.74, 6) is 0.194. The number of nitrogens with one attached hydrogen (secondary N) is 1. The van der Waals surface area contributed by atoms with E-state index in [0.29, 0.717) is 23.6 Å². The molecule has 1 amide bonds. The number of nitrogens with zero attached hydrogens (tertiary/aromatic N) is 2. The number of halogens is 3. The first-order valence-electron chi connectivity index (χ1n) is 7.24. The number of thioether (sulfide) groups is 1. The summed E-state index contributed by atoms with van der Waals surface area (Å²) in [6.07, 6.45) is 1.40. The highest BCUT2D eigenvalue weighted by Crippen LogP contribution is 2.37. The van der Waals surface area contributed by atoms with Crippen LogP contribution in [0.1, 0.15) is 10.4 Å². The first-order valence-corrected chi connectivity index (χ1v) is 8.05. The van der Waals surface area contributed by atoms with Crippen LogP contribution in [0.3, 0.4) is 0 Å². The third kappa shape index (κ3) is 5.95. The number of anilines is 2. The van der Waals surface area contributed by atoms with Crippen LogP contribution in [0.25, 0.3) is 0 Å². The number of aromatic nitrogens is 1. The van der Waals surface area contributed by atoms with Crippen LogP contribution < -0.4 is 10.2 Å². The van der Waals surface area contributed by atoms with Gasteiger partial charge in [-0.25, -0.2) is 4.98 Å². The Labute approximate surface area is 146 Å². The van der Waals surface area contributed by atoms with Crippen LogP contribution in [-0.2, 0) is 0 Å². The maximum absolute atomic E-state index is 12.3. The molecule has 134 valence electrons. The number of alkyl halides is 3. The molecule has 1 aromatic carbocycles. The van der Waals surface area contributed by atoms with Gasteiger partial charge >= 0.3 is 5.51 Å². The number of pyridine rings is 1. The molecule has 5 nitrogen and oxygen atoms in total. The summed E-state index contributed by atoms with van der Waals surface area (Å²) in [6.45, 7) is 0.407. The summed E-state index contributed by atoms with van der Waals surface area (Å²) in [5, 5.41) is 11.5. The molecule has 0 fully saturated rings. The minimum absolute atomic E-state index is 0.0109. The van der Waals surface area contributed by atoms with Gasteiger partial charge in [-0.2, -0.15) is 13.2 Å². The number of carbonyl (C=O) groups excluding carboxylic acids is 1. The molecular formula is C16H16F3N3O2S. The van der Waals surface area contributed by atoms with Gasteiger partial charge in [0, 0.05) is 30.4 Å². The third-order valence-corrected chi connectivity index (χ3v) is 3.92. The van der Waals surface area contributed by atoms with E-state index < -0.39 is 11.4 Å². The maximum Gasteiger partial charge on any atom is 0.446 e. The van der Waals surface area contributed by atoms with E-state index >= 15 is 0 Å². The Hall–Kier alpha value is -2.26. The van der Waals surface area contributed by atoms with Gasteiger partial charge in [0.25, 0.3) is 5.91 Å². The molecule has 0 bridgehead atoms. The maximum atomic E-state index is 12.3. The van der Waals surface area contributed by atoms with Crippen LogP contribution in [0.4, 0.5) is 24.7 Å². The van der Waals surface area contributed by atoms with Crippen LogP contribution in [0, 0.1) is 0 Å². The van der Waals surface area contributed by atoms with E-state index in [0.717, 1.165) is 0 Å². The standard InChI is InChI=1S/C16H16F3N3O2S/c1-22(8-9-23)14-7-2-11(10-20-14)15(24)21-12-3-5-13(6-4-12)25-16(17,18)19/h2-7,10,23H,8-9H2,1H3,(H,21,24). The van der Waals surface area contributed by atoms with E-state index in [1.165, 1.54) is 30.5 Å². The van der Waals surface area contributed by atoms with E-state index in [1.54, 1.807) is 24.1 Å². The van der Waals surface area contributed by atoms with Crippen LogP contribution in [0.15, 0.2) is 47.5 Å². The lowest BCUT2D eigenvalue weighted by Crippen LogP contribution is -2.22. The topological polar surface area (TPSA) is 65.5 Å². The first kappa shape index (κ1) is 19.1. The molecule has 0 atom stereocenters. The number of aliphatic hydroxyl groups is 1. The predicted molar refractivity (Wildman–Crippen MR) is 90.9 cm³/mol. The number of hydrogen-bond donors (Lipinski definition) is 2. The lowest BCUT2D eigenvalue weighted by atomic mass is 10.2. The van der Waals surface area contributed by atoms with Gasteiger partial charge in [0.15, 0.2) is 0 Å². The van der Waals surface area contributed by atoms with E-state index in [-0.39, 0.29) is 23.3 Å². The number of hydrogen-bond acceptors (Lipinski definition) is 5. The third-order valence-electron chi connectivity index (χ3n) is 3.18. The summed E-state index contributed by atoms with van der Waals surface area (Å²) >= 11 is -0.212. The van der Waals surface area contributed by atoms with Crippen molar-refractivity contribution in [2.75, 3.05) is 30.4 Å². The number of amides is 1. The normalized spacial score (nSPS) is 11.2. The molecule has 0 aliphatic heterocycles. The molecular weight excluding hydrogens is 355 g/mol. The fourth-order valence-electron chi connectivity index (χ4n) is 1.95. The van der Waals surface area contributed by atoms with E-state index in [9.17, 15) is 18.0 Å². The number of likely N-dealkylation sites (N-methyl/N-ethyl adjacent to an activating group) is 1. The van der Waals surface area contributed by atoms with E-state index in [1.807, 2.05) is 0 Å². The van der Waals surface area contributed by atoms with Gasteiger partial charge in [0.2, 0.25) is 0 Å². The number of aliphatic hydroxyl groups excluding tert-OH is 1. The first-order chi connectivity index (χ1) is 11.8. The molecule has 0 aliphatic carbocycles. The second kappa shape index (κ2) is 8.21. The molecule has 1 heterocycles. The van der Waals surface area contributed by atoms with E-state index in [4.69, 9.17) is 5.11 Å². The molecule has 25 heavy (non-hydrogen) atoms. The molecule has 0 unspecified atom stereocenters. The molecule has 0 spiro atoms. The van der Waals surface area contributed by atoms with Gasteiger partial charge in [-0.1, -0.05) is 0 Å². The fraction of sp³-hybridized carbons (Fsp3) is 0.250. The van der Waals surface area contributed by atoms with Gasteiger partial charge in [-0.05, 0) is 48.2 Å². The lowest BCUT2D eigenvalue weighted by Gasteiger charge is -2.16. The van der Waals surface area contributed by atoms with Gasteiger partial charge in [-0.15, -0.1) is 0 Å². The minimum atomic E-state index is -4.35. The predicted octanol–water partition coefficient (Wildman–Crippen LogP) is 3.37. The SMILES string of the molecule is CN(CCO)c1ccc(C(=O)Nc2ccc(SC(F)(F)F)cc2)cn1. The highest BCUT2D eigenvalue weighted by Gasteiger charge is 2.29. The monoisotopic (exact) mass is 371 g/mol. The number of carbonyl (C=O) groups is 1. The van der Waals surface area contributed by atoms with Crippen molar-refractivity contribution in [2.24, 2.45) is 0 Å². The summed E-state index contributed by atoms with van der Waals surface area (Å²) < 4.78 is 36.8. The quantitative estimate of drug-likeness (QED) is 0.762. The van der Waals surface area contributed by atoms with Crippen LogP contribution in [0.2, 0.25) is 0 Å². The van der Waals surface area contributed by atoms with E-state index in [2.05, 4.69) is 10.3 Å². The van der Waals surface area contributed by atoms with Crippen molar-refractivity contribution in [3.05, 3.63) is 48.2 Å². The average Bonchev–Trinajstić information content (AvgIpc) is 2.55. The van der Waals surface area contributed by atoms with Crippen molar-refractivity contribution in [1.29, 1.82) is 0 Å². The van der Waals surface area contributed by atoms with Crippen molar-refractivity contribution >= 4 is 29.2 Å².